The Hall–Kier alpha value is -2.83. The van der Waals surface area contributed by atoms with Crippen molar-refractivity contribution in [3.63, 3.8) is 0 Å². The van der Waals surface area contributed by atoms with E-state index in [0.717, 1.165) is 0 Å². The third-order valence-electron chi connectivity index (χ3n) is 3.04. The number of hydrogen-bond donors (Lipinski definition) is 2. The van der Waals surface area contributed by atoms with Crippen molar-refractivity contribution in [3.05, 3.63) is 42.2 Å². The lowest BCUT2D eigenvalue weighted by molar-refractivity contribution is -0.116. The van der Waals surface area contributed by atoms with Crippen molar-refractivity contribution in [2.24, 2.45) is 7.05 Å². The summed E-state index contributed by atoms with van der Waals surface area (Å²) in [6, 6.07) is 8.70. The Labute approximate surface area is 128 Å². The molecule has 1 aromatic heterocycles. The number of carbonyl (C=O) groups is 2. The van der Waals surface area contributed by atoms with Crippen LogP contribution in [0, 0.1) is 0 Å². The predicted octanol–water partition coefficient (Wildman–Crippen LogP) is 1.19. The van der Waals surface area contributed by atoms with Gasteiger partial charge in [0.05, 0.1) is 7.11 Å². The van der Waals surface area contributed by atoms with Crippen LogP contribution < -0.4 is 15.4 Å². The largest absolute Gasteiger partial charge is 0.497 e. The minimum Gasteiger partial charge on any atom is -0.497 e. The number of rotatable bonds is 6. The summed E-state index contributed by atoms with van der Waals surface area (Å²) in [6.45, 7) is 0.250. The third kappa shape index (κ3) is 4.08. The highest BCUT2D eigenvalue weighted by atomic mass is 16.5. The molecule has 0 radical (unpaired) electrons. The molecule has 2 aromatic rings. The summed E-state index contributed by atoms with van der Waals surface area (Å²) in [7, 11) is 3.25. The number of aryl methyl sites for hydroxylation is 1. The van der Waals surface area contributed by atoms with Gasteiger partial charge in [0.1, 0.15) is 11.4 Å². The van der Waals surface area contributed by atoms with E-state index in [4.69, 9.17) is 4.74 Å². The van der Waals surface area contributed by atoms with E-state index in [-0.39, 0.29) is 24.8 Å². The Morgan fingerprint density at radius 2 is 2.14 bits per heavy atom. The maximum atomic E-state index is 11.8. The second-order valence-corrected chi connectivity index (χ2v) is 4.63. The van der Waals surface area contributed by atoms with E-state index in [1.807, 2.05) is 0 Å². The second-order valence-electron chi connectivity index (χ2n) is 4.63. The van der Waals surface area contributed by atoms with E-state index in [9.17, 15) is 9.59 Å². The average molecular weight is 302 g/mol. The average Bonchev–Trinajstić information content (AvgIpc) is 2.93. The van der Waals surface area contributed by atoms with Crippen LogP contribution in [-0.2, 0) is 11.8 Å². The number of methoxy groups -OCH3 is 1. The molecule has 0 unspecified atom stereocenters. The molecular formula is C15H18N4O3. The summed E-state index contributed by atoms with van der Waals surface area (Å²) in [5.74, 6) is 0.232. The van der Waals surface area contributed by atoms with Crippen LogP contribution in [0.3, 0.4) is 0 Å². The quantitative estimate of drug-likeness (QED) is 0.839. The molecule has 2 amide bonds. The number of carbonyl (C=O) groups excluding carboxylic acids is 2. The van der Waals surface area contributed by atoms with Crippen LogP contribution in [0.2, 0.25) is 0 Å². The number of amides is 2. The van der Waals surface area contributed by atoms with Gasteiger partial charge < -0.3 is 15.4 Å². The number of nitrogens with zero attached hydrogens (tertiary/aromatic N) is 2. The summed E-state index contributed by atoms with van der Waals surface area (Å²) < 4.78 is 6.56. The molecule has 2 rings (SSSR count). The van der Waals surface area contributed by atoms with Gasteiger partial charge in [-0.1, -0.05) is 6.07 Å². The highest BCUT2D eigenvalue weighted by Gasteiger charge is 2.10. The molecule has 7 heteroatoms. The van der Waals surface area contributed by atoms with Gasteiger partial charge in [-0.3, -0.25) is 14.3 Å². The monoisotopic (exact) mass is 302 g/mol. The molecule has 0 fully saturated rings. The van der Waals surface area contributed by atoms with Crippen molar-refractivity contribution in [2.75, 3.05) is 19.0 Å². The fourth-order valence-corrected chi connectivity index (χ4v) is 1.90. The van der Waals surface area contributed by atoms with Crippen LogP contribution >= 0.6 is 0 Å². The maximum absolute atomic E-state index is 11.8. The molecule has 1 heterocycles. The molecule has 0 spiro atoms. The number of hydrogen-bond acceptors (Lipinski definition) is 4. The fraction of sp³-hybridized carbons (Fsp3) is 0.267. The molecule has 0 saturated carbocycles. The Bertz CT molecular complexity index is 666. The van der Waals surface area contributed by atoms with Crippen molar-refractivity contribution in [1.82, 2.24) is 15.1 Å². The SMILES string of the molecule is COc1cccc(NC(=O)CCNC(=O)c2ccnn2C)c1. The normalized spacial score (nSPS) is 10.1. The minimum absolute atomic E-state index is 0.181. The number of ether oxygens (including phenoxy) is 1. The molecular weight excluding hydrogens is 284 g/mol. The molecule has 0 atom stereocenters. The zero-order valence-corrected chi connectivity index (χ0v) is 12.5. The van der Waals surface area contributed by atoms with Gasteiger partial charge in [0.15, 0.2) is 0 Å². The molecule has 0 aliphatic rings. The molecule has 0 aliphatic carbocycles. The first-order valence-corrected chi connectivity index (χ1v) is 6.80. The first-order valence-electron chi connectivity index (χ1n) is 6.80. The molecule has 22 heavy (non-hydrogen) atoms. The Kier molecular flexibility index (Phi) is 5.13. The highest BCUT2D eigenvalue weighted by Crippen LogP contribution is 2.16. The lowest BCUT2D eigenvalue weighted by atomic mass is 10.3. The van der Waals surface area contributed by atoms with Gasteiger partial charge in [0, 0.05) is 38.0 Å². The van der Waals surface area contributed by atoms with Crippen molar-refractivity contribution in [2.45, 2.75) is 6.42 Å². The molecule has 1 aromatic carbocycles. The van der Waals surface area contributed by atoms with Gasteiger partial charge in [0.2, 0.25) is 5.91 Å². The summed E-state index contributed by atoms with van der Waals surface area (Å²) in [4.78, 5) is 23.7. The van der Waals surface area contributed by atoms with Crippen LogP contribution in [0.25, 0.3) is 0 Å². The summed E-state index contributed by atoms with van der Waals surface area (Å²) in [6.07, 6.45) is 1.73. The van der Waals surface area contributed by atoms with Crippen LogP contribution in [0.15, 0.2) is 36.5 Å². The Morgan fingerprint density at radius 1 is 1.32 bits per heavy atom. The van der Waals surface area contributed by atoms with E-state index >= 15 is 0 Å². The highest BCUT2D eigenvalue weighted by molar-refractivity contribution is 5.94. The number of benzene rings is 1. The van der Waals surface area contributed by atoms with Gasteiger partial charge in [-0.15, -0.1) is 0 Å². The first-order chi connectivity index (χ1) is 10.6. The van der Waals surface area contributed by atoms with Crippen molar-refractivity contribution < 1.29 is 14.3 Å². The predicted molar refractivity (Wildman–Crippen MR) is 81.8 cm³/mol. The topological polar surface area (TPSA) is 85.2 Å². The zero-order valence-electron chi connectivity index (χ0n) is 12.5. The molecule has 116 valence electrons. The van der Waals surface area contributed by atoms with Gasteiger partial charge in [-0.25, -0.2) is 0 Å². The van der Waals surface area contributed by atoms with Crippen molar-refractivity contribution in [1.29, 1.82) is 0 Å². The van der Waals surface area contributed by atoms with Crippen LogP contribution in [-0.4, -0.2) is 35.2 Å². The molecule has 0 saturated heterocycles. The van der Waals surface area contributed by atoms with Crippen LogP contribution in [0.4, 0.5) is 5.69 Å². The van der Waals surface area contributed by atoms with E-state index < -0.39 is 0 Å². The summed E-state index contributed by atoms with van der Waals surface area (Å²) in [5.41, 5.74) is 1.11. The first kappa shape index (κ1) is 15.6. The van der Waals surface area contributed by atoms with E-state index in [0.29, 0.717) is 17.1 Å². The van der Waals surface area contributed by atoms with Gasteiger partial charge >= 0.3 is 0 Å². The van der Waals surface area contributed by atoms with Crippen molar-refractivity contribution in [3.8, 4) is 5.75 Å². The molecule has 0 bridgehead atoms. The van der Waals surface area contributed by atoms with E-state index in [1.54, 1.807) is 50.7 Å². The third-order valence-corrected chi connectivity index (χ3v) is 3.04. The van der Waals surface area contributed by atoms with Gasteiger partial charge in [0.25, 0.3) is 5.91 Å². The van der Waals surface area contributed by atoms with Crippen LogP contribution in [0.1, 0.15) is 16.9 Å². The summed E-state index contributed by atoms with van der Waals surface area (Å²) >= 11 is 0. The number of anilines is 1. The second kappa shape index (κ2) is 7.26. The van der Waals surface area contributed by atoms with Gasteiger partial charge in [-0.05, 0) is 18.2 Å². The number of aromatic nitrogens is 2. The number of nitrogens with one attached hydrogen (secondary N) is 2. The summed E-state index contributed by atoms with van der Waals surface area (Å²) in [5, 5.41) is 9.35. The zero-order chi connectivity index (χ0) is 15.9. The minimum atomic E-state index is -0.255. The lowest BCUT2D eigenvalue weighted by Crippen LogP contribution is -2.29. The van der Waals surface area contributed by atoms with Crippen molar-refractivity contribution >= 4 is 17.5 Å². The Balaban J connectivity index is 1.78. The standard InChI is InChI=1S/C15H18N4O3/c1-19-13(6-9-17-19)15(21)16-8-7-14(20)18-11-4-3-5-12(10-11)22-2/h3-6,9-10H,7-8H2,1-2H3,(H,16,21)(H,18,20). The van der Waals surface area contributed by atoms with E-state index in [1.165, 1.54) is 4.68 Å². The lowest BCUT2D eigenvalue weighted by Gasteiger charge is -2.08. The maximum Gasteiger partial charge on any atom is 0.269 e. The Morgan fingerprint density at radius 3 is 2.82 bits per heavy atom. The molecule has 2 N–H and O–H groups in total. The van der Waals surface area contributed by atoms with E-state index in [2.05, 4.69) is 15.7 Å². The van der Waals surface area contributed by atoms with Gasteiger partial charge in [-0.2, -0.15) is 5.10 Å². The molecule has 7 nitrogen and oxygen atoms in total. The smallest absolute Gasteiger partial charge is 0.269 e. The molecule has 0 aliphatic heterocycles. The van der Waals surface area contributed by atoms with Crippen LogP contribution in [0.5, 0.6) is 5.75 Å². The fourth-order valence-electron chi connectivity index (χ4n) is 1.90.